The zero-order valence-electron chi connectivity index (χ0n) is 8.82. The van der Waals surface area contributed by atoms with Crippen molar-refractivity contribution in [3.05, 3.63) is 27.7 Å². The minimum absolute atomic E-state index is 0.0857. The Kier molecular flexibility index (Phi) is 3.95. The second-order valence-electron chi connectivity index (χ2n) is 3.14. The Hall–Kier alpha value is -1.49. The first kappa shape index (κ1) is 12.6. The summed E-state index contributed by atoms with van der Waals surface area (Å²) in [6, 6.07) is 3.27. The minimum atomic E-state index is -1.03. The molecule has 0 bridgehead atoms. The summed E-state index contributed by atoms with van der Waals surface area (Å²) in [5.74, 6) is -0.820. The van der Waals surface area contributed by atoms with Gasteiger partial charge in [0.25, 0.3) is 0 Å². The summed E-state index contributed by atoms with van der Waals surface area (Å²) in [6.07, 6.45) is 1.38. The van der Waals surface area contributed by atoms with E-state index in [9.17, 15) is 9.90 Å². The molecule has 0 fully saturated rings. The normalized spacial score (nSPS) is 11.3. The van der Waals surface area contributed by atoms with Crippen LogP contribution in [0.3, 0.4) is 0 Å². The third-order valence-corrected chi connectivity index (χ3v) is 2.74. The Bertz CT molecular complexity index is 452. The predicted molar refractivity (Wildman–Crippen MR) is 63.6 cm³/mol. The molecule has 86 valence electrons. The number of hydrogen-bond acceptors (Lipinski definition) is 3. The molecule has 0 heterocycles. The number of aliphatic carboxylic acids is 1. The fourth-order valence-electron chi connectivity index (χ4n) is 1.14. The number of methoxy groups -OCH3 is 1. The molecule has 0 aliphatic carbocycles. The quantitative estimate of drug-likeness (QED) is 0.839. The third-order valence-electron chi connectivity index (χ3n) is 2.04. The highest BCUT2D eigenvalue weighted by Gasteiger charge is 2.11. The smallest absolute Gasteiger partial charge is 0.331 e. The van der Waals surface area contributed by atoms with E-state index in [4.69, 9.17) is 9.84 Å². The zero-order chi connectivity index (χ0) is 12.3. The van der Waals surface area contributed by atoms with E-state index in [1.165, 1.54) is 20.1 Å². The lowest BCUT2D eigenvalue weighted by Gasteiger charge is -2.08. The van der Waals surface area contributed by atoms with E-state index < -0.39 is 5.97 Å². The van der Waals surface area contributed by atoms with Crippen molar-refractivity contribution in [2.75, 3.05) is 7.11 Å². The molecule has 0 saturated carbocycles. The molecule has 16 heavy (non-hydrogen) atoms. The van der Waals surface area contributed by atoms with Gasteiger partial charge < -0.3 is 14.9 Å². The molecule has 0 aromatic heterocycles. The fourth-order valence-corrected chi connectivity index (χ4v) is 1.58. The van der Waals surface area contributed by atoms with Crippen molar-refractivity contribution in [1.82, 2.24) is 0 Å². The summed E-state index contributed by atoms with van der Waals surface area (Å²) in [5.41, 5.74) is 0.517. The van der Waals surface area contributed by atoms with Crippen LogP contribution < -0.4 is 4.74 Å². The van der Waals surface area contributed by atoms with Crippen LogP contribution in [-0.4, -0.2) is 23.3 Å². The summed E-state index contributed by atoms with van der Waals surface area (Å²) in [7, 11) is 1.43. The van der Waals surface area contributed by atoms with Gasteiger partial charge in [-0.05, 0) is 25.1 Å². The van der Waals surface area contributed by atoms with Crippen LogP contribution in [-0.2, 0) is 4.79 Å². The average Bonchev–Trinajstić information content (AvgIpc) is 2.24. The predicted octanol–water partition coefficient (Wildman–Crippen LogP) is 2.65. The molecule has 1 rings (SSSR count). The molecule has 4 nitrogen and oxygen atoms in total. The van der Waals surface area contributed by atoms with E-state index in [1.807, 2.05) is 0 Å². The summed E-state index contributed by atoms with van der Waals surface area (Å²) >= 11 is 3.23. The molecule has 0 aliphatic rings. The van der Waals surface area contributed by atoms with Crippen molar-refractivity contribution < 1.29 is 19.7 Å². The molecule has 2 N–H and O–H groups in total. The van der Waals surface area contributed by atoms with E-state index in [0.717, 1.165) is 0 Å². The lowest BCUT2D eigenvalue weighted by atomic mass is 10.1. The highest BCUT2D eigenvalue weighted by molar-refractivity contribution is 9.10. The third kappa shape index (κ3) is 2.55. The van der Waals surface area contributed by atoms with Gasteiger partial charge in [0, 0.05) is 15.6 Å². The first-order valence-corrected chi connectivity index (χ1v) is 5.23. The van der Waals surface area contributed by atoms with Crippen LogP contribution >= 0.6 is 15.9 Å². The molecule has 5 heteroatoms. The van der Waals surface area contributed by atoms with Crippen LogP contribution in [0.5, 0.6) is 11.5 Å². The summed E-state index contributed by atoms with van der Waals surface area (Å²) < 4.78 is 5.54. The number of benzene rings is 1. The van der Waals surface area contributed by atoms with E-state index in [0.29, 0.717) is 15.8 Å². The molecule has 0 amide bonds. The van der Waals surface area contributed by atoms with E-state index in [-0.39, 0.29) is 11.3 Å². The Morgan fingerprint density at radius 1 is 1.50 bits per heavy atom. The monoisotopic (exact) mass is 286 g/mol. The maximum Gasteiger partial charge on any atom is 0.331 e. The SMILES string of the molecule is COc1ccc(Br)c(/C=C(\C)C(=O)O)c1O. The van der Waals surface area contributed by atoms with Gasteiger partial charge in [-0.25, -0.2) is 4.79 Å². The van der Waals surface area contributed by atoms with Gasteiger partial charge in [0.05, 0.1) is 7.11 Å². The number of rotatable bonds is 3. The van der Waals surface area contributed by atoms with Crippen LogP contribution in [0.1, 0.15) is 12.5 Å². The second-order valence-corrected chi connectivity index (χ2v) is 4.00. The molecular weight excluding hydrogens is 276 g/mol. The number of aromatic hydroxyl groups is 1. The van der Waals surface area contributed by atoms with E-state index in [2.05, 4.69) is 15.9 Å². The minimum Gasteiger partial charge on any atom is -0.504 e. The first-order valence-electron chi connectivity index (χ1n) is 4.44. The molecule has 1 aromatic carbocycles. The van der Waals surface area contributed by atoms with Gasteiger partial charge in [-0.15, -0.1) is 0 Å². The van der Waals surface area contributed by atoms with Crippen molar-refractivity contribution in [2.24, 2.45) is 0 Å². The number of phenols is 1. The Morgan fingerprint density at radius 3 is 2.62 bits per heavy atom. The number of carbonyl (C=O) groups is 1. The number of phenolic OH excluding ortho intramolecular Hbond substituents is 1. The number of ether oxygens (including phenoxy) is 1. The van der Waals surface area contributed by atoms with Crippen LogP contribution in [0.4, 0.5) is 0 Å². The lowest BCUT2D eigenvalue weighted by molar-refractivity contribution is -0.132. The molecule has 0 saturated heterocycles. The van der Waals surface area contributed by atoms with E-state index in [1.54, 1.807) is 12.1 Å². The molecule has 0 radical (unpaired) electrons. The van der Waals surface area contributed by atoms with Crippen LogP contribution in [0, 0.1) is 0 Å². The highest BCUT2D eigenvalue weighted by Crippen LogP contribution is 2.36. The van der Waals surface area contributed by atoms with Crippen LogP contribution in [0.15, 0.2) is 22.2 Å². The van der Waals surface area contributed by atoms with Crippen molar-refractivity contribution in [3.63, 3.8) is 0 Å². The largest absolute Gasteiger partial charge is 0.504 e. The summed E-state index contributed by atoms with van der Waals surface area (Å²) in [5, 5.41) is 18.6. The van der Waals surface area contributed by atoms with Crippen molar-refractivity contribution in [3.8, 4) is 11.5 Å². The van der Waals surface area contributed by atoms with Gasteiger partial charge in [0.1, 0.15) is 0 Å². The highest BCUT2D eigenvalue weighted by atomic mass is 79.9. The van der Waals surface area contributed by atoms with E-state index >= 15 is 0 Å². The number of carboxylic acids is 1. The number of hydrogen-bond donors (Lipinski definition) is 2. The van der Waals surface area contributed by atoms with Crippen molar-refractivity contribution in [2.45, 2.75) is 6.92 Å². The van der Waals surface area contributed by atoms with Gasteiger partial charge in [-0.3, -0.25) is 0 Å². The molecule has 0 unspecified atom stereocenters. The maximum absolute atomic E-state index is 10.7. The van der Waals surface area contributed by atoms with Crippen molar-refractivity contribution >= 4 is 28.0 Å². The van der Waals surface area contributed by atoms with Gasteiger partial charge in [-0.2, -0.15) is 0 Å². The van der Waals surface area contributed by atoms with Crippen LogP contribution in [0.25, 0.3) is 6.08 Å². The number of halogens is 1. The lowest BCUT2D eigenvalue weighted by Crippen LogP contribution is -1.96. The Labute approximate surface area is 101 Å². The first-order chi connectivity index (χ1) is 7.47. The van der Waals surface area contributed by atoms with Crippen LogP contribution in [0.2, 0.25) is 0 Å². The topological polar surface area (TPSA) is 66.8 Å². The second kappa shape index (κ2) is 5.03. The molecule has 1 aromatic rings. The summed E-state index contributed by atoms with van der Waals surface area (Å²) in [6.45, 7) is 1.45. The molecule has 0 atom stereocenters. The standard InChI is InChI=1S/C11H11BrO4/c1-6(11(14)15)5-7-8(12)3-4-9(16-2)10(7)13/h3-5,13H,1-2H3,(H,14,15)/b6-5+. The van der Waals surface area contributed by atoms with Gasteiger partial charge in [0.2, 0.25) is 0 Å². The molecular formula is C11H11BrO4. The Morgan fingerprint density at radius 2 is 2.12 bits per heavy atom. The summed E-state index contributed by atoms with van der Waals surface area (Å²) in [4.78, 5) is 10.7. The van der Waals surface area contributed by atoms with Crippen molar-refractivity contribution in [1.29, 1.82) is 0 Å². The molecule has 0 spiro atoms. The fraction of sp³-hybridized carbons (Fsp3) is 0.182. The Balaban J connectivity index is 3.33. The number of carboxylic acid groups (broad SMARTS) is 1. The molecule has 0 aliphatic heterocycles. The van der Waals surface area contributed by atoms with Gasteiger partial charge in [0.15, 0.2) is 11.5 Å². The maximum atomic E-state index is 10.7. The van der Waals surface area contributed by atoms with Gasteiger partial charge in [-0.1, -0.05) is 15.9 Å². The average molecular weight is 287 g/mol. The zero-order valence-corrected chi connectivity index (χ0v) is 10.4. The van der Waals surface area contributed by atoms with Gasteiger partial charge >= 0.3 is 5.97 Å².